The van der Waals surface area contributed by atoms with Gasteiger partial charge < -0.3 is 5.32 Å². The van der Waals surface area contributed by atoms with Crippen LogP contribution in [-0.2, 0) is 6.42 Å². The van der Waals surface area contributed by atoms with E-state index in [-0.39, 0.29) is 5.82 Å². The Bertz CT molecular complexity index is 358. The highest BCUT2D eigenvalue weighted by molar-refractivity contribution is 5.18. The second-order valence-corrected chi connectivity index (χ2v) is 5.52. The molecule has 0 aliphatic heterocycles. The molecular formula is C16H24FN. The van der Waals surface area contributed by atoms with Crippen LogP contribution in [0.4, 0.5) is 4.39 Å². The highest BCUT2D eigenvalue weighted by Gasteiger charge is 2.19. The second kappa shape index (κ2) is 6.89. The maximum Gasteiger partial charge on any atom is 0.126 e. The molecule has 100 valence electrons. The fourth-order valence-corrected chi connectivity index (χ4v) is 3.06. The van der Waals surface area contributed by atoms with Crippen molar-refractivity contribution in [2.45, 2.75) is 51.0 Å². The molecule has 0 heterocycles. The molecule has 1 aromatic carbocycles. The standard InChI is InChI=1S/C16H24FN/c1-18-15(11-13-7-3-2-4-8-13)12-14-9-5-6-10-16(14)17/h5-6,9-10,13,15,18H,2-4,7-8,11-12H2,1H3. The van der Waals surface area contributed by atoms with E-state index >= 15 is 0 Å². The minimum Gasteiger partial charge on any atom is -0.317 e. The second-order valence-electron chi connectivity index (χ2n) is 5.52. The lowest BCUT2D eigenvalue weighted by molar-refractivity contribution is 0.302. The molecular weight excluding hydrogens is 225 g/mol. The highest BCUT2D eigenvalue weighted by Crippen LogP contribution is 2.28. The van der Waals surface area contributed by atoms with Crippen LogP contribution >= 0.6 is 0 Å². The van der Waals surface area contributed by atoms with E-state index in [1.807, 2.05) is 19.2 Å². The Morgan fingerprint density at radius 3 is 2.61 bits per heavy atom. The lowest BCUT2D eigenvalue weighted by Gasteiger charge is -2.26. The minimum atomic E-state index is -0.0682. The highest BCUT2D eigenvalue weighted by atomic mass is 19.1. The van der Waals surface area contributed by atoms with Crippen LogP contribution < -0.4 is 5.32 Å². The molecule has 1 fully saturated rings. The van der Waals surface area contributed by atoms with E-state index in [1.165, 1.54) is 38.5 Å². The summed E-state index contributed by atoms with van der Waals surface area (Å²) in [6, 6.07) is 7.55. The molecule has 1 aliphatic rings. The van der Waals surface area contributed by atoms with Crippen LogP contribution in [0.15, 0.2) is 24.3 Å². The minimum absolute atomic E-state index is 0.0682. The third-order valence-electron chi connectivity index (χ3n) is 4.17. The maximum atomic E-state index is 13.6. The number of benzene rings is 1. The monoisotopic (exact) mass is 249 g/mol. The molecule has 0 aromatic heterocycles. The number of hydrogen-bond donors (Lipinski definition) is 1. The first-order chi connectivity index (χ1) is 8.79. The van der Waals surface area contributed by atoms with Gasteiger partial charge in [-0.05, 0) is 37.4 Å². The van der Waals surface area contributed by atoms with Gasteiger partial charge in [-0.1, -0.05) is 50.3 Å². The van der Waals surface area contributed by atoms with Crippen LogP contribution in [0.1, 0.15) is 44.1 Å². The average Bonchev–Trinajstić information content (AvgIpc) is 2.41. The van der Waals surface area contributed by atoms with Gasteiger partial charge in [0, 0.05) is 6.04 Å². The molecule has 1 aromatic rings. The number of halogens is 1. The van der Waals surface area contributed by atoms with Gasteiger partial charge in [0.15, 0.2) is 0 Å². The van der Waals surface area contributed by atoms with Crippen molar-refractivity contribution in [3.05, 3.63) is 35.6 Å². The van der Waals surface area contributed by atoms with Crippen LogP contribution in [0.2, 0.25) is 0 Å². The molecule has 0 saturated heterocycles. The summed E-state index contributed by atoms with van der Waals surface area (Å²) in [6.45, 7) is 0. The Morgan fingerprint density at radius 1 is 1.22 bits per heavy atom. The first-order valence-electron chi connectivity index (χ1n) is 7.20. The van der Waals surface area contributed by atoms with Gasteiger partial charge in [0.05, 0.1) is 0 Å². The summed E-state index contributed by atoms with van der Waals surface area (Å²) in [5, 5.41) is 3.36. The number of rotatable bonds is 5. The Labute approximate surface area is 110 Å². The van der Waals surface area contributed by atoms with Crippen molar-refractivity contribution in [1.29, 1.82) is 0 Å². The van der Waals surface area contributed by atoms with E-state index in [0.717, 1.165) is 17.9 Å². The van der Waals surface area contributed by atoms with E-state index < -0.39 is 0 Å². The molecule has 1 atom stereocenters. The summed E-state index contributed by atoms with van der Waals surface area (Å²) in [5.74, 6) is 0.768. The molecule has 1 aliphatic carbocycles. The molecule has 0 radical (unpaired) electrons. The van der Waals surface area contributed by atoms with Crippen LogP contribution in [0, 0.1) is 11.7 Å². The largest absolute Gasteiger partial charge is 0.317 e. The molecule has 1 N–H and O–H groups in total. The Kier molecular flexibility index (Phi) is 5.18. The van der Waals surface area contributed by atoms with Gasteiger partial charge in [0.2, 0.25) is 0 Å². The maximum absolute atomic E-state index is 13.6. The molecule has 1 nitrogen and oxygen atoms in total. The predicted octanol–water partition coefficient (Wildman–Crippen LogP) is 3.93. The topological polar surface area (TPSA) is 12.0 Å². The zero-order valence-electron chi connectivity index (χ0n) is 11.3. The fourth-order valence-electron chi connectivity index (χ4n) is 3.06. The van der Waals surface area contributed by atoms with Gasteiger partial charge in [-0.25, -0.2) is 4.39 Å². The van der Waals surface area contributed by atoms with Crippen LogP contribution in [-0.4, -0.2) is 13.1 Å². The van der Waals surface area contributed by atoms with Crippen LogP contribution in [0.3, 0.4) is 0 Å². The van der Waals surface area contributed by atoms with Crippen LogP contribution in [0.5, 0.6) is 0 Å². The fraction of sp³-hybridized carbons (Fsp3) is 0.625. The molecule has 1 unspecified atom stereocenters. The zero-order valence-corrected chi connectivity index (χ0v) is 11.3. The van der Waals surface area contributed by atoms with Gasteiger partial charge in [-0.2, -0.15) is 0 Å². The van der Waals surface area contributed by atoms with Crippen molar-refractivity contribution in [2.24, 2.45) is 5.92 Å². The van der Waals surface area contributed by atoms with Crippen molar-refractivity contribution >= 4 is 0 Å². The summed E-state index contributed by atoms with van der Waals surface area (Å²) < 4.78 is 13.6. The molecule has 0 amide bonds. The summed E-state index contributed by atoms with van der Waals surface area (Å²) in [7, 11) is 1.99. The third kappa shape index (κ3) is 3.81. The molecule has 2 rings (SSSR count). The Balaban J connectivity index is 1.90. The summed E-state index contributed by atoms with van der Waals surface area (Å²) in [4.78, 5) is 0. The quantitative estimate of drug-likeness (QED) is 0.834. The van der Waals surface area contributed by atoms with Gasteiger partial charge in [0.25, 0.3) is 0 Å². The van der Waals surface area contributed by atoms with E-state index in [2.05, 4.69) is 5.32 Å². The predicted molar refractivity (Wildman–Crippen MR) is 74.1 cm³/mol. The van der Waals surface area contributed by atoms with Crippen molar-refractivity contribution in [3.8, 4) is 0 Å². The molecule has 2 heteroatoms. The number of nitrogens with one attached hydrogen (secondary N) is 1. The van der Waals surface area contributed by atoms with Gasteiger partial charge in [-0.15, -0.1) is 0 Å². The summed E-state index contributed by atoms with van der Waals surface area (Å²) >= 11 is 0. The smallest absolute Gasteiger partial charge is 0.126 e. The van der Waals surface area contributed by atoms with E-state index in [0.29, 0.717) is 6.04 Å². The molecule has 1 saturated carbocycles. The van der Waals surface area contributed by atoms with E-state index in [1.54, 1.807) is 12.1 Å². The van der Waals surface area contributed by atoms with Crippen molar-refractivity contribution in [2.75, 3.05) is 7.05 Å². The molecule has 18 heavy (non-hydrogen) atoms. The normalized spacial score (nSPS) is 18.8. The summed E-state index contributed by atoms with van der Waals surface area (Å²) in [6.07, 6.45) is 8.85. The summed E-state index contributed by atoms with van der Waals surface area (Å²) in [5.41, 5.74) is 0.840. The van der Waals surface area contributed by atoms with Crippen molar-refractivity contribution in [1.82, 2.24) is 5.32 Å². The van der Waals surface area contributed by atoms with Crippen molar-refractivity contribution < 1.29 is 4.39 Å². The number of hydrogen-bond acceptors (Lipinski definition) is 1. The SMILES string of the molecule is CNC(Cc1ccccc1F)CC1CCCCC1. The third-order valence-corrected chi connectivity index (χ3v) is 4.17. The Morgan fingerprint density at radius 2 is 1.94 bits per heavy atom. The van der Waals surface area contributed by atoms with Gasteiger partial charge in [0.1, 0.15) is 5.82 Å². The molecule has 0 bridgehead atoms. The zero-order chi connectivity index (χ0) is 12.8. The van der Waals surface area contributed by atoms with Crippen molar-refractivity contribution in [3.63, 3.8) is 0 Å². The van der Waals surface area contributed by atoms with E-state index in [9.17, 15) is 4.39 Å². The lowest BCUT2D eigenvalue weighted by atomic mass is 9.83. The molecule has 0 spiro atoms. The van der Waals surface area contributed by atoms with Gasteiger partial charge >= 0.3 is 0 Å². The van der Waals surface area contributed by atoms with E-state index in [4.69, 9.17) is 0 Å². The average molecular weight is 249 g/mol. The number of likely N-dealkylation sites (N-methyl/N-ethyl adjacent to an activating group) is 1. The first kappa shape index (κ1) is 13.5. The lowest BCUT2D eigenvalue weighted by Crippen LogP contribution is -2.31. The Hall–Kier alpha value is -0.890. The van der Waals surface area contributed by atoms with Gasteiger partial charge in [-0.3, -0.25) is 0 Å². The van der Waals surface area contributed by atoms with Crippen LogP contribution in [0.25, 0.3) is 0 Å². The first-order valence-corrected chi connectivity index (χ1v) is 7.20.